The van der Waals surface area contributed by atoms with Gasteiger partial charge in [-0.05, 0) is 6.54 Å². The van der Waals surface area contributed by atoms with Gasteiger partial charge in [-0.2, -0.15) is 5.10 Å². The van der Waals surface area contributed by atoms with Gasteiger partial charge in [0.25, 0.3) is 5.56 Å². The van der Waals surface area contributed by atoms with E-state index < -0.39 is 6.10 Å². The number of hydrogen-bond donors (Lipinski definition) is 2. The van der Waals surface area contributed by atoms with Crippen LogP contribution in [0.5, 0.6) is 0 Å². The summed E-state index contributed by atoms with van der Waals surface area (Å²) in [5, 5.41) is 17.0. The van der Waals surface area contributed by atoms with Gasteiger partial charge in [0.15, 0.2) is 0 Å². The third-order valence-corrected chi connectivity index (χ3v) is 3.25. The predicted molar refractivity (Wildman–Crippen MR) is 76.1 cm³/mol. The third kappa shape index (κ3) is 4.03. The highest BCUT2D eigenvalue weighted by Crippen LogP contribution is 2.11. The smallest absolute Gasteiger partial charge is 0.268 e. The number of aliphatic hydroxyl groups is 1. The van der Waals surface area contributed by atoms with E-state index in [4.69, 9.17) is 4.74 Å². The number of rotatable bonds is 6. The van der Waals surface area contributed by atoms with Crippen LogP contribution in [0.3, 0.4) is 0 Å². The summed E-state index contributed by atoms with van der Waals surface area (Å²) in [6.07, 6.45) is 1.06. The highest BCUT2D eigenvalue weighted by molar-refractivity contribution is 5.43. The monoisotopic (exact) mass is 282 g/mol. The second kappa shape index (κ2) is 7.37. The zero-order chi connectivity index (χ0) is 14.4. The van der Waals surface area contributed by atoms with Crippen LogP contribution in [0, 0.1) is 0 Å². The first-order chi connectivity index (χ1) is 9.70. The summed E-state index contributed by atoms with van der Waals surface area (Å²) in [5.41, 5.74) is 0.625. The molecule has 0 aliphatic carbocycles. The molecule has 20 heavy (non-hydrogen) atoms. The Kier molecular flexibility index (Phi) is 5.51. The number of morpholine rings is 1. The lowest BCUT2D eigenvalue weighted by Gasteiger charge is -2.28. The summed E-state index contributed by atoms with van der Waals surface area (Å²) in [5.74, 6) is 0. The third-order valence-electron chi connectivity index (χ3n) is 3.25. The Morgan fingerprint density at radius 1 is 1.50 bits per heavy atom. The molecule has 7 nitrogen and oxygen atoms in total. The molecule has 0 amide bonds. The van der Waals surface area contributed by atoms with Crippen molar-refractivity contribution in [2.24, 2.45) is 0 Å². The molecule has 0 bridgehead atoms. The van der Waals surface area contributed by atoms with Gasteiger partial charge in [0.1, 0.15) is 0 Å². The molecule has 7 heteroatoms. The van der Waals surface area contributed by atoms with Crippen molar-refractivity contribution in [3.8, 4) is 0 Å². The summed E-state index contributed by atoms with van der Waals surface area (Å²) in [6, 6.07) is 1.57. The second-order valence-electron chi connectivity index (χ2n) is 4.80. The normalized spacial score (nSPS) is 17.2. The first-order valence-corrected chi connectivity index (χ1v) is 6.99. The summed E-state index contributed by atoms with van der Waals surface area (Å²) in [6.45, 7) is 6.30. The average Bonchev–Trinajstić information content (AvgIpc) is 2.48. The Morgan fingerprint density at radius 3 is 2.90 bits per heavy atom. The number of likely N-dealkylation sites (N-methyl/N-ethyl adjacent to an activating group) is 1. The summed E-state index contributed by atoms with van der Waals surface area (Å²) in [7, 11) is 0. The standard InChI is InChI=1S/C13H22N4O3/c1-2-14-9-12(18)10-17-13(19)7-11(8-15-17)16-3-5-20-6-4-16/h7-8,12,14,18H,2-6,9-10H2,1H3. The zero-order valence-electron chi connectivity index (χ0n) is 11.8. The van der Waals surface area contributed by atoms with E-state index in [1.54, 1.807) is 12.3 Å². The van der Waals surface area contributed by atoms with Crippen LogP contribution in [-0.2, 0) is 11.3 Å². The lowest BCUT2D eigenvalue weighted by molar-refractivity contribution is 0.122. The molecule has 112 valence electrons. The molecular formula is C13H22N4O3. The van der Waals surface area contributed by atoms with Crippen LogP contribution in [0.25, 0.3) is 0 Å². The minimum atomic E-state index is -0.616. The van der Waals surface area contributed by atoms with E-state index in [0.717, 1.165) is 25.3 Å². The Balaban J connectivity index is 2.00. The fourth-order valence-electron chi connectivity index (χ4n) is 2.13. The number of nitrogens with zero attached hydrogens (tertiary/aromatic N) is 3. The van der Waals surface area contributed by atoms with Gasteiger partial charge < -0.3 is 20.1 Å². The molecule has 1 aromatic heterocycles. The van der Waals surface area contributed by atoms with E-state index in [1.807, 2.05) is 6.92 Å². The molecule has 1 unspecified atom stereocenters. The molecule has 1 aromatic rings. The molecule has 2 heterocycles. The molecule has 0 aromatic carbocycles. The molecule has 1 saturated heterocycles. The van der Waals surface area contributed by atoms with Crippen molar-refractivity contribution in [3.05, 3.63) is 22.6 Å². The van der Waals surface area contributed by atoms with Crippen molar-refractivity contribution in [2.75, 3.05) is 44.3 Å². The Labute approximate surface area is 118 Å². The first kappa shape index (κ1) is 15.0. The minimum absolute atomic E-state index is 0.190. The lowest BCUT2D eigenvalue weighted by Crippen LogP contribution is -2.38. The second-order valence-corrected chi connectivity index (χ2v) is 4.80. The molecule has 0 saturated carbocycles. The largest absolute Gasteiger partial charge is 0.390 e. The molecule has 1 fully saturated rings. The van der Waals surface area contributed by atoms with Gasteiger partial charge in [0.05, 0.1) is 37.7 Å². The first-order valence-electron chi connectivity index (χ1n) is 6.99. The highest BCUT2D eigenvalue weighted by Gasteiger charge is 2.13. The lowest BCUT2D eigenvalue weighted by atomic mass is 10.3. The summed E-state index contributed by atoms with van der Waals surface area (Å²) >= 11 is 0. The minimum Gasteiger partial charge on any atom is -0.390 e. The van der Waals surface area contributed by atoms with Gasteiger partial charge >= 0.3 is 0 Å². The van der Waals surface area contributed by atoms with Gasteiger partial charge in [0, 0.05) is 25.7 Å². The Morgan fingerprint density at radius 2 is 2.25 bits per heavy atom. The number of anilines is 1. The van der Waals surface area contributed by atoms with Crippen molar-refractivity contribution in [1.29, 1.82) is 0 Å². The molecule has 0 radical (unpaired) electrons. The number of aliphatic hydroxyl groups excluding tert-OH is 1. The van der Waals surface area contributed by atoms with Crippen LogP contribution >= 0.6 is 0 Å². The zero-order valence-corrected chi connectivity index (χ0v) is 11.8. The summed E-state index contributed by atoms with van der Waals surface area (Å²) < 4.78 is 6.58. The molecule has 2 rings (SSSR count). The predicted octanol–water partition coefficient (Wildman–Crippen LogP) is -0.950. The molecule has 1 aliphatic heterocycles. The van der Waals surface area contributed by atoms with E-state index in [-0.39, 0.29) is 12.1 Å². The Bertz CT molecular complexity index is 471. The van der Waals surface area contributed by atoms with E-state index in [0.29, 0.717) is 19.8 Å². The van der Waals surface area contributed by atoms with E-state index in [1.165, 1.54) is 4.68 Å². The SMILES string of the molecule is CCNCC(O)Cn1ncc(N2CCOCC2)cc1=O. The van der Waals surface area contributed by atoms with Gasteiger partial charge in [-0.25, -0.2) is 4.68 Å². The highest BCUT2D eigenvalue weighted by atomic mass is 16.5. The molecule has 0 spiro atoms. The van der Waals surface area contributed by atoms with Gasteiger partial charge in [-0.3, -0.25) is 4.79 Å². The van der Waals surface area contributed by atoms with Crippen LogP contribution in [0.1, 0.15) is 6.92 Å². The van der Waals surface area contributed by atoms with E-state index in [9.17, 15) is 9.90 Å². The molecular weight excluding hydrogens is 260 g/mol. The van der Waals surface area contributed by atoms with E-state index in [2.05, 4.69) is 15.3 Å². The fourth-order valence-corrected chi connectivity index (χ4v) is 2.13. The quantitative estimate of drug-likeness (QED) is 0.700. The number of ether oxygens (including phenoxy) is 1. The maximum Gasteiger partial charge on any atom is 0.268 e. The maximum atomic E-state index is 12.0. The van der Waals surface area contributed by atoms with Crippen molar-refractivity contribution >= 4 is 5.69 Å². The molecule has 1 aliphatic rings. The van der Waals surface area contributed by atoms with Gasteiger partial charge in [0.2, 0.25) is 0 Å². The van der Waals surface area contributed by atoms with Crippen molar-refractivity contribution in [3.63, 3.8) is 0 Å². The number of aromatic nitrogens is 2. The van der Waals surface area contributed by atoms with Gasteiger partial charge in [-0.15, -0.1) is 0 Å². The molecule has 2 N–H and O–H groups in total. The van der Waals surface area contributed by atoms with Crippen molar-refractivity contribution in [2.45, 2.75) is 19.6 Å². The van der Waals surface area contributed by atoms with Gasteiger partial charge in [-0.1, -0.05) is 6.92 Å². The van der Waals surface area contributed by atoms with Crippen LogP contribution in [0.2, 0.25) is 0 Å². The fraction of sp³-hybridized carbons (Fsp3) is 0.692. The average molecular weight is 282 g/mol. The maximum absolute atomic E-state index is 12.0. The van der Waals surface area contributed by atoms with Crippen LogP contribution < -0.4 is 15.8 Å². The van der Waals surface area contributed by atoms with Crippen molar-refractivity contribution < 1.29 is 9.84 Å². The van der Waals surface area contributed by atoms with Crippen LogP contribution in [-0.4, -0.2) is 60.4 Å². The molecule has 1 atom stereocenters. The number of hydrogen-bond acceptors (Lipinski definition) is 6. The van der Waals surface area contributed by atoms with Crippen LogP contribution in [0.4, 0.5) is 5.69 Å². The Hall–Kier alpha value is -1.44. The summed E-state index contributed by atoms with van der Waals surface area (Å²) in [4.78, 5) is 14.1. The number of nitrogens with one attached hydrogen (secondary N) is 1. The van der Waals surface area contributed by atoms with Crippen molar-refractivity contribution in [1.82, 2.24) is 15.1 Å². The topological polar surface area (TPSA) is 79.6 Å². The van der Waals surface area contributed by atoms with E-state index >= 15 is 0 Å². The van der Waals surface area contributed by atoms with Crippen LogP contribution in [0.15, 0.2) is 17.1 Å².